The van der Waals surface area contributed by atoms with Crippen molar-refractivity contribution >= 4 is 23.2 Å². The van der Waals surface area contributed by atoms with Gasteiger partial charge in [0, 0.05) is 28.9 Å². The fraction of sp³-hybridized carbons (Fsp3) is 0.0870. The molecular weight excluding hydrogens is 412 g/mol. The molecule has 7 nitrogen and oxygen atoms in total. The second-order valence-corrected chi connectivity index (χ2v) is 7.80. The van der Waals surface area contributed by atoms with E-state index in [9.17, 15) is 14.9 Å². The zero-order chi connectivity index (χ0) is 21.8. The third kappa shape index (κ3) is 4.54. The summed E-state index contributed by atoms with van der Waals surface area (Å²) in [5.74, 6) is 0.767. The van der Waals surface area contributed by atoms with Crippen LogP contribution in [-0.4, -0.2) is 31.2 Å². The van der Waals surface area contributed by atoms with Gasteiger partial charge in [-0.05, 0) is 31.2 Å². The van der Waals surface area contributed by atoms with Gasteiger partial charge in [-0.1, -0.05) is 59.8 Å². The van der Waals surface area contributed by atoms with Gasteiger partial charge >= 0.3 is 0 Å². The average Bonchev–Trinajstić information content (AvgIpc) is 3.22. The Morgan fingerprint density at radius 3 is 2.29 bits per heavy atom. The summed E-state index contributed by atoms with van der Waals surface area (Å²) >= 11 is 1.30. The van der Waals surface area contributed by atoms with Crippen LogP contribution in [0.4, 0.5) is 5.69 Å². The maximum absolute atomic E-state index is 12.5. The molecule has 0 bridgehead atoms. The molecule has 0 saturated carbocycles. The predicted octanol–water partition coefficient (Wildman–Crippen LogP) is 5.13. The predicted molar refractivity (Wildman–Crippen MR) is 120 cm³/mol. The van der Waals surface area contributed by atoms with E-state index in [2.05, 4.69) is 10.2 Å². The van der Waals surface area contributed by atoms with Crippen LogP contribution in [0.25, 0.3) is 17.1 Å². The molecule has 154 valence electrons. The smallest absolute Gasteiger partial charge is 0.269 e. The van der Waals surface area contributed by atoms with Crippen molar-refractivity contribution in [3.05, 3.63) is 100 Å². The summed E-state index contributed by atoms with van der Waals surface area (Å²) in [6, 6.07) is 23.2. The number of aromatic nitrogens is 3. The monoisotopic (exact) mass is 430 g/mol. The zero-order valence-electron chi connectivity index (χ0n) is 16.6. The number of benzene rings is 3. The highest BCUT2D eigenvalue weighted by atomic mass is 32.2. The first kappa shape index (κ1) is 20.5. The molecule has 0 unspecified atom stereocenters. The zero-order valence-corrected chi connectivity index (χ0v) is 17.5. The number of rotatable bonds is 7. The molecule has 1 aromatic heterocycles. The Hall–Kier alpha value is -3.78. The maximum Gasteiger partial charge on any atom is 0.269 e. The minimum Gasteiger partial charge on any atom is -0.293 e. The van der Waals surface area contributed by atoms with E-state index in [1.165, 1.54) is 23.9 Å². The molecule has 0 fully saturated rings. The Kier molecular flexibility index (Phi) is 5.90. The SMILES string of the molecule is Cc1ccc(-n2c(SCC(=O)c3ccccc3)nnc2-c2ccc([N+](=O)[O-])cc2)cc1. The number of hydrogen-bond donors (Lipinski definition) is 0. The third-order valence-corrected chi connectivity index (χ3v) is 5.62. The van der Waals surface area contributed by atoms with Crippen LogP contribution in [0, 0.1) is 17.0 Å². The highest BCUT2D eigenvalue weighted by Gasteiger charge is 2.18. The van der Waals surface area contributed by atoms with Gasteiger partial charge in [-0.25, -0.2) is 0 Å². The number of aryl methyl sites for hydroxylation is 1. The molecule has 4 aromatic rings. The first-order chi connectivity index (χ1) is 15.0. The van der Waals surface area contributed by atoms with Gasteiger partial charge in [0.05, 0.1) is 10.7 Å². The van der Waals surface area contributed by atoms with Crippen molar-refractivity contribution in [2.45, 2.75) is 12.1 Å². The number of nitrogens with zero attached hydrogens (tertiary/aromatic N) is 4. The first-order valence-corrected chi connectivity index (χ1v) is 10.5. The number of nitro groups is 1. The quantitative estimate of drug-likeness (QED) is 0.175. The average molecular weight is 430 g/mol. The molecule has 4 rings (SSSR count). The Bertz CT molecular complexity index is 1220. The fourth-order valence-electron chi connectivity index (χ4n) is 3.05. The molecule has 0 aliphatic carbocycles. The lowest BCUT2D eigenvalue weighted by atomic mass is 10.2. The van der Waals surface area contributed by atoms with Crippen molar-refractivity contribution in [1.29, 1.82) is 0 Å². The van der Waals surface area contributed by atoms with Crippen LogP contribution >= 0.6 is 11.8 Å². The molecule has 0 aliphatic heterocycles. The number of carbonyl (C=O) groups is 1. The minimum atomic E-state index is -0.440. The molecule has 0 amide bonds. The largest absolute Gasteiger partial charge is 0.293 e. The van der Waals surface area contributed by atoms with Crippen molar-refractivity contribution in [3.8, 4) is 17.1 Å². The molecule has 3 aromatic carbocycles. The van der Waals surface area contributed by atoms with E-state index in [-0.39, 0.29) is 17.2 Å². The number of carbonyl (C=O) groups excluding carboxylic acids is 1. The minimum absolute atomic E-state index is 0.000872. The van der Waals surface area contributed by atoms with E-state index in [0.29, 0.717) is 22.1 Å². The van der Waals surface area contributed by atoms with Gasteiger partial charge in [0.1, 0.15) is 0 Å². The third-order valence-electron chi connectivity index (χ3n) is 4.69. The molecule has 0 atom stereocenters. The summed E-state index contributed by atoms with van der Waals surface area (Å²) in [5, 5.41) is 20.2. The molecule has 0 aliphatic rings. The summed E-state index contributed by atoms with van der Waals surface area (Å²) in [5.41, 5.74) is 3.31. The number of thioether (sulfide) groups is 1. The van der Waals surface area contributed by atoms with Crippen LogP contribution in [0.3, 0.4) is 0 Å². The summed E-state index contributed by atoms with van der Waals surface area (Å²) in [4.78, 5) is 23.1. The summed E-state index contributed by atoms with van der Waals surface area (Å²) in [6.45, 7) is 2.00. The summed E-state index contributed by atoms with van der Waals surface area (Å²) in [7, 11) is 0. The number of Topliss-reactive ketones (excluding diaryl/α,β-unsaturated/α-hetero) is 1. The van der Waals surface area contributed by atoms with E-state index in [0.717, 1.165) is 11.3 Å². The normalized spacial score (nSPS) is 10.7. The van der Waals surface area contributed by atoms with Gasteiger partial charge < -0.3 is 0 Å². The van der Waals surface area contributed by atoms with E-state index >= 15 is 0 Å². The molecule has 31 heavy (non-hydrogen) atoms. The van der Waals surface area contributed by atoms with Crippen molar-refractivity contribution in [3.63, 3.8) is 0 Å². The maximum atomic E-state index is 12.5. The Labute approximate surface area is 182 Å². The number of nitro benzene ring substituents is 1. The van der Waals surface area contributed by atoms with Gasteiger partial charge in [-0.15, -0.1) is 10.2 Å². The lowest BCUT2D eigenvalue weighted by molar-refractivity contribution is -0.384. The molecule has 8 heteroatoms. The lowest BCUT2D eigenvalue weighted by Crippen LogP contribution is -2.05. The van der Waals surface area contributed by atoms with E-state index < -0.39 is 4.92 Å². The first-order valence-electron chi connectivity index (χ1n) is 9.51. The van der Waals surface area contributed by atoms with E-state index in [1.54, 1.807) is 24.3 Å². The molecule has 1 heterocycles. The Morgan fingerprint density at radius 1 is 0.968 bits per heavy atom. The van der Waals surface area contributed by atoms with Gasteiger partial charge in [-0.2, -0.15) is 0 Å². The van der Waals surface area contributed by atoms with Gasteiger partial charge in [0.2, 0.25) is 0 Å². The van der Waals surface area contributed by atoms with Crippen molar-refractivity contribution in [1.82, 2.24) is 14.8 Å². The second-order valence-electron chi connectivity index (χ2n) is 6.86. The van der Waals surface area contributed by atoms with Crippen LogP contribution in [-0.2, 0) is 0 Å². The molecule has 0 radical (unpaired) electrons. The topological polar surface area (TPSA) is 90.9 Å². The molecular formula is C23H18N4O3S. The van der Waals surface area contributed by atoms with Crippen LogP contribution in [0.2, 0.25) is 0 Å². The Morgan fingerprint density at radius 2 is 1.65 bits per heavy atom. The van der Waals surface area contributed by atoms with Gasteiger partial charge in [0.15, 0.2) is 16.8 Å². The van der Waals surface area contributed by atoms with Crippen molar-refractivity contribution in [2.24, 2.45) is 0 Å². The molecule has 0 N–H and O–H groups in total. The number of ketones is 1. The Balaban J connectivity index is 1.69. The highest BCUT2D eigenvalue weighted by molar-refractivity contribution is 7.99. The van der Waals surface area contributed by atoms with Crippen LogP contribution < -0.4 is 0 Å². The molecule has 0 spiro atoms. The van der Waals surface area contributed by atoms with Gasteiger partial charge in [0.25, 0.3) is 5.69 Å². The number of non-ortho nitro benzene ring substituents is 1. The summed E-state index contributed by atoms with van der Waals surface area (Å²) < 4.78 is 1.86. The van der Waals surface area contributed by atoms with Crippen LogP contribution in [0.15, 0.2) is 84.0 Å². The lowest BCUT2D eigenvalue weighted by Gasteiger charge is -2.10. The fourth-order valence-corrected chi connectivity index (χ4v) is 3.89. The van der Waals surface area contributed by atoms with Crippen LogP contribution in [0.1, 0.15) is 15.9 Å². The van der Waals surface area contributed by atoms with Crippen molar-refractivity contribution < 1.29 is 9.72 Å². The molecule has 0 saturated heterocycles. The highest BCUT2D eigenvalue weighted by Crippen LogP contribution is 2.29. The second kappa shape index (κ2) is 8.93. The standard InChI is InChI=1S/C23H18N4O3S/c1-16-7-11-19(12-8-16)26-22(18-9-13-20(14-10-18)27(29)30)24-25-23(26)31-15-21(28)17-5-3-2-4-6-17/h2-14H,15H2,1H3. The number of hydrogen-bond acceptors (Lipinski definition) is 6. The summed E-state index contributed by atoms with van der Waals surface area (Å²) in [6.07, 6.45) is 0. The van der Waals surface area contributed by atoms with E-state index in [1.807, 2.05) is 54.0 Å². The van der Waals surface area contributed by atoms with Crippen molar-refractivity contribution in [2.75, 3.05) is 5.75 Å². The van der Waals surface area contributed by atoms with Gasteiger partial charge in [-0.3, -0.25) is 19.5 Å². The van der Waals surface area contributed by atoms with Crippen LogP contribution in [0.5, 0.6) is 0 Å². The van der Waals surface area contributed by atoms with E-state index in [4.69, 9.17) is 0 Å².